The van der Waals surface area contributed by atoms with Gasteiger partial charge in [-0.15, -0.1) is 0 Å². The fourth-order valence-electron chi connectivity index (χ4n) is 1.83. The van der Waals surface area contributed by atoms with Gasteiger partial charge in [-0.3, -0.25) is 5.41 Å². The molecule has 1 unspecified atom stereocenters. The maximum atomic E-state index is 7.26. The van der Waals surface area contributed by atoms with E-state index in [1.165, 1.54) is 6.20 Å². The monoisotopic (exact) mass is 235 g/mol. The molecule has 6 heteroatoms. The number of nitrogens with two attached hydrogens (primary N) is 1. The molecule has 0 radical (unpaired) electrons. The Kier molecular flexibility index (Phi) is 3.53. The standard InChI is InChI=1S/C11H17N5O/c1-8-7-16(3-2-4-17-8)10-6-14-9(5-15-10)11(12)13/h5-6,8H,2-4,7H2,1H3,(H3,12,13). The molecule has 1 aromatic rings. The normalized spacial score (nSPS) is 21.0. The van der Waals surface area contributed by atoms with Crippen molar-refractivity contribution in [3.63, 3.8) is 0 Å². The van der Waals surface area contributed by atoms with Gasteiger partial charge in [-0.05, 0) is 13.3 Å². The third-order valence-corrected chi connectivity index (χ3v) is 2.69. The molecule has 0 saturated carbocycles. The molecule has 92 valence electrons. The topological polar surface area (TPSA) is 88.1 Å². The van der Waals surface area contributed by atoms with Gasteiger partial charge in [0.05, 0.1) is 18.5 Å². The zero-order valence-electron chi connectivity index (χ0n) is 9.89. The van der Waals surface area contributed by atoms with Crippen LogP contribution in [0.3, 0.4) is 0 Å². The van der Waals surface area contributed by atoms with Crippen LogP contribution in [0.2, 0.25) is 0 Å². The van der Waals surface area contributed by atoms with Crippen molar-refractivity contribution in [1.82, 2.24) is 9.97 Å². The fourth-order valence-corrected chi connectivity index (χ4v) is 1.83. The molecule has 17 heavy (non-hydrogen) atoms. The average Bonchev–Trinajstić information content (AvgIpc) is 2.54. The van der Waals surface area contributed by atoms with Gasteiger partial charge in [0.2, 0.25) is 0 Å². The van der Waals surface area contributed by atoms with Gasteiger partial charge in [0.15, 0.2) is 0 Å². The van der Waals surface area contributed by atoms with Crippen LogP contribution in [0.15, 0.2) is 12.4 Å². The van der Waals surface area contributed by atoms with E-state index in [1.54, 1.807) is 6.20 Å². The molecule has 0 aliphatic carbocycles. The Hall–Kier alpha value is -1.69. The number of nitrogens with one attached hydrogen (secondary N) is 1. The Morgan fingerprint density at radius 3 is 3.00 bits per heavy atom. The highest BCUT2D eigenvalue weighted by Gasteiger charge is 2.16. The second-order valence-electron chi connectivity index (χ2n) is 4.15. The van der Waals surface area contributed by atoms with Crippen LogP contribution in [-0.2, 0) is 4.74 Å². The zero-order valence-corrected chi connectivity index (χ0v) is 9.89. The number of hydrogen-bond acceptors (Lipinski definition) is 5. The van der Waals surface area contributed by atoms with Crippen LogP contribution in [0.25, 0.3) is 0 Å². The van der Waals surface area contributed by atoms with Crippen LogP contribution in [0.5, 0.6) is 0 Å². The number of nitrogens with zero attached hydrogens (tertiary/aromatic N) is 3. The first kappa shape index (κ1) is 11.8. The van der Waals surface area contributed by atoms with Crippen molar-refractivity contribution in [2.24, 2.45) is 5.73 Å². The van der Waals surface area contributed by atoms with E-state index in [-0.39, 0.29) is 11.9 Å². The highest BCUT2D eigenvalue weighted by atomic mass is 16.5. The van der Waals surface area contributed by atoms with Crippen molar-refractivity contribution < 1.29 is 4.74 Å². The second kappa shape index (κ2) is 5.09. The minimum atomic E-state index is -0.0587. The van der Waals surface area contributed by atoms with Gasteiger partial charge in [-0.1, -0.05) is 0 Å². The Bertz CT molecular complexity index is 391. The Labute approximate surface area is 100 Å². The van der Waals surface area contributed by atoms with Crippen molar-refractivity contribution in [2.45, 2.75) is 19.4 Å². The minimum absolute atomic E-state index is 0.0587. The highest BCUT2D eigenvalue weighted by molar-refractivity contribution is 5.92. The lowest BCUT2D eigenvalue weighted by Crippen LogP contribution is -2.31. The van der Waals surface area contributed by atoms with E-state index in [4.69, 9.17) is 15.9 Å². The van der Waals surface area contributed by atoms with Crippen molar-refractivity contribution in [3.8, 4) is 0 Å². The summed E-state index contributed by atoms with van der Waals surface area (Å²) in [6, 6.07) is 0. The van der Waals surface area contributed by atoms with E-state index in [0.29, 0.717) is 5.69 Å². The van der Waals surface area contributed by atoms with Crippen molar-refractivity contribution in [1.29, 1.82) is 5.41 Å². The molecule has 0 bridgehead atoms. The van der Waals surface area contributed by atoms with Gasteiger partial charge in [0.25, 0.3) is 0 Å². The summed E-state index contributed by atoms with van der Waals surface area (Å²) in [7, 11) is 0. The maximum absolute atomic E-state index is 7.26. The number of hydrogen-bond donors (Lipinski definition) is 2. The molecular formula is C11H17N5O. The third-order valence-electron chi connectivity index (χ3n) is 2.69. The molecule has 3 N–H and O–H groups in total. The minimum Gasteiger partial charge on any atom is -0.382 e. The van der Waals surface area contributed by atoms with E-state index in [1.807, 2.05) is 0 Å². The molecule has 2 heterocycles. The summed E-state index contributed by atoms with van der Waals surface area (Å²) < 4.78 is 5.57. The van der Waals surface area contributed by atoms with Gasteiger partial charge in [0, 0.05) is 19.7 Å². The number of anilines is 1. The van der Waals surface area contributed by atoms with Crippen LogP contribution in [-0.4, -0.2) is 41.6 Å². The van der Waals surface area contributed by atoms with Crippen LogP contribution in [0.1, 0.15) is 19.0 Å². The molecule has 1 saturated heterocycles. The molecule has 0 aromatic carbocycles. The molecule has 1 aliphatic rings. The van der Waals surface area contributed by atoms with Crippen molar-refractivity contribution in [2.75, 3.05) is 24.6 Å². The summed E-state index contributed by atoms with van der Waals surface area (Å²) in [6.07, 6.45) is 4.38. The summed E-state index contributed by atoms with van der Waals surface area (Å²) in [5.41, 5.74) is 5.75. The van der Waals surface area contributed by atoms with Crippen LogP contribution in [0, 0.1) is 5.41 Å². The van der Waals surface area contributed by atoms with Gasteiger partial charge >= 0.3 is 0 Å². The number of aromatic nitrogens is 2. The lowest BCUT2D eigenvalue weighted by Gasteiger charge is -2.22. The first-order chi connectivity index (χ1) is 8.16. The van der Waals surface area contributed by atoms with Crippen LogP contribution in [0.4, 0.5) is 5.82 Å². The van der Waals surface area contributed by atoms with E-state index >= 15 is 0 Å². The summed E-state index contributed by atoms with van der Waals surface area (Å²) in [5.74, 6) is 0.754. The van der Waals surface area contributed by atoms with Gasteiger partial charge < -0.3 is 15.4 Å². The summed E-state index contributed by atoms with van der Waals surface area (Å²) in [4.78, 5) is 10.5. The summed E-state index contributed by atoms with van der Waals surface area (Å²) >= 11 is 0. The van der Waals surface area contributed by atoms with E-state index in [0.717, 1.165) is 31.9 Å². The Balaban J connectivity index is 2.12. The van der Waals surface area contributed by atoms with E-state index in [9.17, 15) is 0 Å². The van der Waals surface area contributed by atoms with E-state index < -0.39 is 0 Å². The van der Waals surface area contributed by atoms with Crippen LogP contribution >= 0.6 is 0 Å². The largest absolute Gasteiger partial charge is 0.382 e. The quantitative estimate of drug-likeness (QED) is 0.571. The number of nitrogen functional groups attached to an aromatic ring is 1. The first-order valence-corrected chi connectivity index (χ1v) is 5.70. The lowest BCUT2D eigenvalue weighted by atomic mass is 10.3. The molecule has 6 nitrogen and oxygen atoms in total. The molecular weight excluding hydrogens is 218 g/mol. The number of amidine groups is 1. The van der Waals surface area contributed by atoms with Gasteiger partial charge in [-0.25, -0.2) is 9.97 Å². The zero-order chi connectivity index (χ0) is 12.3. The molecule has 1 fully saturated rings. The fraction of sp³-hybridized carbons (Fsp3) is 0.545. The third kappa shape index (κ3) is 2.91. The average molecular weight is 235 g/mol. The lowest BCUT2D eigenvalue weighted by molar-refractivity contribution is 0.0820. The highest BCUT2D eigenvalue weighted by Crippen LogP contribution is 2.13. The second-order valence-corrected chi connectivity index (χ2v) is 4.15. The van der Waals surface area contributed by atoms with E-state index in [2.05, 4.69) is 21.8 Å². The molecule has 1 aromatic heterocycles. The number of ether oxygens (including phenoxy) is 1. The Morgan fingerprint density at radius 1 is 1.53 bits per heavy atom. The molecule has 0 amide bonds. The predicted octanol–water partition coefficient (Wildman–Crippen LogP) is 0.376. The Morgan fingerprint density at radius 2 is 2.35 bits per heavy atom. The maximum Gasteiger partial charge on any atom is 0.147 e. The molecule has 1 aliphatic heterocycles. The number of rotatable bonds is 2. The molecule has 2 rings (SSSR count). The smallest absolute Gasteiger partial charge is 0.147 e. The molecule has 0 spiro atoms. The van der Waals surface area contributed by atoms with Crippen LogP contribution < -0.4 is 10.6 Å². The summed E-state index contributed by atoms with van der Waals surface area (Å²) in [6.45, 7) is 4.57. The van der Waals surface area contributed by atoms with Crippen molar-refractivity contribution >= 4 is 11.7 Å². The van der Waals surface area contributed by atoms with Gasteiger partial charge in [0.1, 0.15) is 17.3 Å². The SMILES string of the molecule is CC1CN(c2cnc(C(=N)N)cn2)CCCO1. The molecule has 1 atom stereocenters. The van der Waals surface area contributed by atoms with Gasteiger partial charge in [-0.2, -0.15) is 0 Å². The van der Waals surface area contributed by atoms with Crippen molar-refractivity contribution in [3.05, 3.63) is 18.1 Å². The summed E-state index contributed by atoms with van der Waals surface area (Å²) in [5, 5.41) is 7.26. The predicted molar refractivity (Wildman–Crippen MR) is 65.3 cm³/mol. The first-order valence-electron chi connectivity index (χ1n) is 5.70.